The third-order valence-corrected chi connectivity index (χ3v) is 7.12. The predicted octanol–water partition coefficient (Wildman–Crippen LogP) is 2.50. The molecule has 0 aromatic heterocycles. The van der Waals surface area contributed by atoms with Crippen molar-refractivity contribution in [1.82, 2.24) is 19.8 Å². The fourth-order valence-electron chi connectivity index (χ4n) is 3.43. The molecule has 9 heteroatoms. The van der Waals surface area contributed by atoms with Gasteiger partial charge in [0.2, 0.25) is 10.0 Å². The van der Waals surface area contributed by atoms with Gasteiger partial charge < -0.3 is 10.6 Å². The van der Waals surface area contributed by atoms with E-state index in [1.165, 1.54) is 9.87 Å². The van der Waals surface area contributed by atoms with Gasteiger partial charge in [0.05, 0.1) is 5.75 Å². The van der Waals surface area contributed by atoms with Crippen LogP contribution in [0.2, 0.25) is 0 Å². The third-order valence-electron chi connectivity index (χ3n) is 5.26. The van der Waals surface area contributed by atoms with E-state index in [1.54, 1.807) is 14.0 Å². The number of hydrogen-bond acceptors (Lipinski definition) is 4. The summed E-state index contributed by atoms with van der Waals surface area (Å²) in [6.07, 6.45) is 2.89. The van der Waals surface area contributed by atoms with Crippen molar-refractivity contribution in [3.05, 3.63) is 35.9 Å². The van der Waals surface area contributed by atoms with Gasteiger partial charge in [0.15, 0.2) is 5.96 Å². The lowest BCUT2D eigenvalue weighted by atomic mass is 10.0. The normalized spacial score (nSPS) is 16.3. The van der Waals surface area contributed by atoms with Gasteiger partial charge in [0, 0.05) is 52.4 Å². The Labute approximate surface area is 199 Å². The summed E-state index contributed by atoms with van der Waals surface area (Å²) in [4.78, 5) is 7.14. The summed E-state index contributed by atoms with van der Waals surface area (Å²) < 4.78 is 25.0. The highest BCUT2D eigenvalue weighted by molar-refractivity contribution is 14.0. The predicted molar refractivity (Wildman–Crippen MR) is 136 cm³/mol. The first kappa shape index (κ1) is 27.1. The Kier molecular flexibility index (Phi) is 12.8. The van der Waals surface area contributed by atoms with Gasteiger partial charge in [0.1, 0.15) is 0 Å². The van der Waals surface area contributed by atoms with Crippen LogP contribution in [0.25, 0.3) is 0 Å². The first-order valence-electron chi connectivity index (χ1n) is 10.7. The van der Waals surface area contributed by atoms with Crippen LogP contribution in [0.3, 0.4) is 0 Å². The first-order chi connectivity index (χ1) is 13.9. The molecule has 2 N–H and O–H groups in total. The van der Waals surface area contributed by atoms with E-state index >= 15 is 0 Å². The molecule has 0 amide bonds. The molecule has 1 aliphatic heterocycles. The van der Waals surface area contributed by atoms with E-state index in [2.05, 4.69) is 57.8 Å². The SMILES string of the molecule is CCNC(=NCCCN(C)S(=O)(=O)CC)NC1CCN(Cc2ccccc2)CC1.I. The molecule has 0 radical (unpaired) electrons. The van der Waals surface area contributed by atoms with Gasteiger partial charge in [-0.1, -0.05) is 30.3 Å². The number of hydrogen-bond donors (Lipinski definition) is 2. The van der Waals surface area contributed by atoms with Crippen LogP contribution in [-0.4, -0.2) is 75.1 Å². The molecule has 0 saturated carbocycles. The number of guanidine groups is 1. The second-order valence-corrected chi connectivity index (χ2v) is 9.88. The van der Waals surface area contributed by atoms with Gasteiger partial charge >= 0.3 is 0 Å². The van der Waals surface area contributed by atoms with Crippen LogP contribution in [0.15, 0.2) is 35.3 Å². The van der Waals surface area contributed by atoms with Crippen molar-refractivity contribution in [1.29, 1.82) is 0 Å². The molecule has 0 bridgehead atoms. The number of nitrogens with one attached hydrogen (secondary N) is 2. The number of aliphatic imine (C=N–C) groups is 1. The summed E-state index contributed by atoms with van der Waals surface area (Å²) in [6.45, 7) is 8.79. The van der Waals surface area contributed by atoms with Crippen LogP contribution >= 0.6 is 24.0 Å². The topological polar surface area (TPSA) is 77.0 Å². The molecular weight excluding hydrogens is 513 g/mol. The maximum Gasteiger partial charge on any atom is 0.213 e. The van der Waals surface area contributed by atoms with Gasteiger partial charge in [0.25, 0.3) is 0 Å². The van der Waals surface area contributed by atoms with Crippen LogP contribution in [0, 0.1) is 0 Å². The summed E-state index contributed by atoms with van der Waals surface area (Å²) >= 11 is 0. The standard InChI is InChI=1S/C21H37N5O2S.HI/c1-4-22-21(23-14-9-15-25(3)29(27,28)5-2)24-20-12-16-26(17-13-20)18-19-10-7-6-8-11-19;/h6-8,10-11,20H,4-5,9,12-18H2,1-3H3,(H2,22,23,24);1H. The van der Waals surface area contributed by atoms with Crippen LogP contribution in [0.1, 0.15) is 38.7 Å². The van der Waals surface area contributed by atoms with E-state index in [-0.39, 0.29) is 29.7 Å². The van der Waals surface area contributed by atoms with Crippen molar-refractivity contribution >= 4 is 40.0 Å². The second-order valence-electron chi connectivity index (χ2n) is 7.52. The molecule has 7 nitrogen and oxygen atoms in total. The zero-order valence-corrected chi connectivity index (χ0v) is 21.7. The Morgan fingerprint density at radius 2 is 1.87 bits per heavy atom. The number of likely N-dealkylation sites (tertiary alicyclic amines) is 1. The summed E-state index contributed by atoms with van der Waals surface area (Å²) in [5.41, 5.74) is 1.36. The van der Waals surface area contributed by atoms with Crippen molar-refractivity contribution in [2.75, 3.05) is 45.5 Å². The lowest BCUT2D eigenvalue weighted by molar-refractivity contribution is 0.198. The highest BCUT2D eigenvalue weighted by atomic mass is 127. The van der Waals surface area contributed by atoms with Crippen molar-refractivity contribution in [3.63, 3.8) is 0 Å². The molecule has 1 fully saturated rings. The summed E-state index contributed by atoms with van der Waals surface area (Å²) in [5.74, 6) is 0.968. The number of piperidine rings is 1. The summed E-state index contributed by atoms with van der Waals surface area (Å²) in [5, 5.41) is 6.86. The minimum atomic E-state index is -3.11. The van der Waals surface area contributed by atoms with Crippen molar-refractivity contribution < 1.29 is 8.42 Å². The van der Waals surface area contributed by atoms with Gasteiger partial charge in [-0.3, -0.25) is 9.89 Å². The molecule has 1 aromatic rings. The summed E-state index contributed by atoms with van der Waals surface area (Å²) in [7, 11) is -1.48. The van der Waals surface area contributed by atoms with E-state index in [1.807, 2.05) is 0 Å². The quantitative estimate of drug-likeness (QED) is 0.202. The number of nitrogens with zero attached hydrogens (tertiary/aromatic N) is 3. The van der Waals surface area contributed by atoms with Crippen LogP contribution in [0.4, 0.5) is 0 Å². The van der Waals surface area contributed by atoms with Gasteiger partial charge in [-0.2, -0.15) is 0 Å². The fraction of sp³-hybridized carbons (Fsp3) is 0.667. The van der Waals surface area contributed by atoms with Crippen LogP contribution in [0.5, 0.6) is 0 Å². The minimum Gasteiger partial charge on any atom is -0.357 e. The highest BCUT2D eigenvalue weighted by Gasteiger charge is 2.20. The van der Waals surface area contributed by atoms with E-state index in [0.29, 0.717) is 25.6 Å². The number of benzene rings is 1. The maximum atomic E-state index is 11.8. The minimum absolute atomic E-state index is 0. The Hall–Kier alpha value is -0.910. The molecule has 1 aromatic carbocycles. The number of halogens is 1. The number of sulfonamides is 1. The molecule has 172 valence electrons. The molecule has 1 heterocycles. The zero-order valence-electron chi connectivity index (χ0n) is 18.5. The number of rotatable bonds is 10. The monoisotopic (exact) mass is 551 g/mol. The summed E-state index contributed by atoms with van der Waals surface area (Å²) in [6, 6.07) is 11.0. The smallest absolute Gasteiger partial charge is 0.213 e. The molecule has 1 saturated heterocycles. The Bertz CT molecular complexity index is 722. The molecular formula is C21H38IN5O2S. The van der Waals surface area contributed by atoms with E-state index in [4.69, 9.17) is 0 Å². The first-order valence-corrected chi connectivity index (χ1v) is 12.3. The van der Waals surface area contributed by atoms with Crippen molar-refractivity contribution in [3.8, 4) is 0 Å². The van der Waals surface area contributed by atoms with Gasteiger partial charge in [-0.05, 0) is 38.7 Å². The largest absolute Gasteiger partial charge is 0.357 e. The molecule has 1 aliphatic rings. The average Bonchev–Trinajstić information content (AvgIpc) is 2.73. The fourth-order valence-corrected chi connectivity index (χ4v) is 4.28. The average molecular weight is 552 g/mol. The van der Waals surface area contributed by atoms with E-state index < -0.39 is 10.0 Å². The molecule has 0 spiro atoms. The van der Waals surface area contributed by atoms with Crippen molar-refractivity contribution in [2.24, 2.45) is 4.99 Å². The lowest BCUT2D eigenvalue weighted by Gasteiger charge is -2.33. The van der Waals surface area contributed by atoms with E-state index in [9.17, 15) is 8.42 Å². The molecule has 0 unspecified atom stereocenters. The molecule has 0 atom stereocenters. The van der Waals surface area contributed by atoms with Gasteiger partial charge in [-0.15, -0.1) is 24.0 Å². The van der Waals surface area contributed by atoms with Crippen molar-refractivity contribution in [2.45, 2.75) is 45.7 Å². The maximum absolute atomic E-state index is 11.8. The molecule has 30 heavy (non-hydrogen) atoms. The molecule has 0 aliphatic carbocycles. The van der Waals surface area contributed by atoms with E-state index in [0.717, 1.165) is 45.0 Å². The van der Waals surface area contributed by atoms with Crippen LogP contribution < -0.4 is 10.6 Å². The highest BCUT2D eigenvalue weighted by Crippen LogP contribution is 2.13. The van der Waals surface area contributed by atoms with Gasteiger partial charge in [-0.25, -0.2) is 12.7 Å². The molecule has 2 rings (SSSR count). The second kappa shape index (κ2) is 14.2. The third kappa shape index (κ3) is 9.49. The van der Waals surface area contributed by atoms with Crippen LogP contribution in [-0.2, 0) is 16.6 Å². The Morgan fingerprint density at radius 3 is 2.47 bits per heavy atom. The zero-order chi connectivity index (χ0) is 21.1. The lowest BCUT2D eigenvalue weighted by Crippen LogP contribution is -2.48. The Balaban J connectivity index is 0.00000450. The Morgan fingerprint density at radius 1 is 1.20 bits per heavy atom.